The molecular formula is C22H21NO7. The Kier molecular flexibility index (Phi) is 5.77. The summed E-state index contributed by atoms with van der Waals surface area (Å²) in [5.74, 6) is -1.55. The van der Waals surface area contributed by atoms with Crippen LogP contribution < -0.4 is 9.47 Å². The topological polar surface area (TPSA) is 102 Å². The molecule has 1 heterocycles. The maximum Gasteiger partial charge on any atom is 0.337 e. The number of aliphatic hydroxyl groups excluding tert-OH is 1. The van der Waals surface area contributed by atoms with Crippen LogP contribution >= 0.6 is 0 Å². The Bertz CT molecular complexity index is 1040. The molecule has 1 aliphatic heterocycles. The summed E-state index contributed by atoms with van der Waals surface area (Å²) in [6.07, 6.45) is 0. The number of Topliss-reactive ketones (excluding diaryl/α,β-unsaturated/α-hetero) is 1. The Labute approximate surface area is 173 Å². The van der Waals surface area contributed by atoms with Crippen molar-refractivity contribution in [1.29, 1.82) is 0 Å². The van der Waals surface area contributed by atoms with Gasteiger partial charge in [0, 0.05) is 12.6 Å². The number of benzene rings is 2. The summed E-state index contributed by atoms with van der Waals surface area (Å²) in [5.41, 5.74) is 1.14. The van der Waals surface area contributed by atoms with Gasteiger partial charge in [0.25, 0.3) is 11.7 Å². The Hall–Kier alpha value is -3.81. The van der Waals surface area contributed by atoms with Crippen LogP contribution in [0.2, 0.25) is 0 Å². The van der Waals surface area contributed by atoms with Crippen molar-refractivity contribution in [2.45, 2.75) is 6.04 Å². The highest BCUT2D eigenvalue weighted by molar-refractivity contribution is 6.46. The second-order valence-electron chi connectivity index (χ2n) is 6.59. The number of aliphatic hydroxyl groups is 1. The van der Waals surface area contributed by atoms with Gasteiger partial charge in [-0.05, 0) is 35.9 Å². The third kappa shape index (κ3) is 3.47. The average Bonchev–Trinajstić information content (AvgIpc) is 3.01. The number of likely N-dealkylation sites (tertiary alicyclic amines) is 1. The quantitative estimate of drug-likeness (QED) is 0.349. The molecular weight excluding hydrogens is 390 g/mol. The number of hydrogen-bond acceptors (Lipinski definition) is 7. The molecule has 3 rings (SSSR count). The van der Waals surface area contributed by atoms with E-state index in [9.17, 15) is 19.5 Å². The summed E-state index contributed by atoms with van der Waals surface area (Å²) < 4.78 is 15.1. The number of ketones is 1. The molecule has 0 saturated carbocycles. The van der Waals surface area contributed by atoms with E-state index in [4.69, 9.17) is 9.47 Å². The Morgan fingerprint density at radius 1 is 0.933 bits per heavy atom. The second kappa shape index (κ2) is 8.28. The number of ether oxygens (including phenoxy) is 3. The van der Waals surface area contributed by atoms with Gasteiger partial charge in [-0.2, -0.15) is 0 Å². The van der Waals surface area contributed by atoms with Crippen molar-refractivity contribution in [3.63, 3.8) is 0 Å². The lowest BCUT2D eigenvalue weighted by molar-refractivity contribution is -0.139. The lowest BCUT2D eigenvalue weighted by Gasteiger charge is -2.21. The first-order valence-corrected chi connectivity index (χ1v) is 8.99. The van der Waals surface area contributed by atoms with Crippen LogP contribution in [0, 0.1) is 0 Å². The molecule has 0 bridgehead atoms. The van der Waals surface area contributed by atoms with Crippen LogP contribution in [-0.2, 0) is 14.3 Å². The van der Waals surface area contributed by atoms with E-state index in [1.54, 1.807) is 24.3 Å². The van der Waals surface area contributed by atoms with Gasteiger partial charge in [-0.25, -0.2) is 4.79 Å². The minimum atomic E-state index is -0.815. The van der Waals surface area contributed by atoms with E-state index in [0.29, 0.717) is 28.2 Å². The van der Waals surface area contributed by atoms with Crippen LogP contribution in [0.4, 0.5) is 0 Å². The van der Waals surface area contributed by atoms with Crippen molar-refractivity contribution in [2.75, 3.05) is 28.4 Å². The summed E-state index contributed by atoms with van der Waals surface area (Å²) in [5, 5.41) is 10.9. The first kappa shape index (κ1) is 20.9. The van der Waals surface area contributed by atoms with Gasteiger partial charge in [-0.15, -0.1) is 0 Å². The van der Waals surface area contributed by atoms with Gasteiger partial charge in [-0.1, -0.05) is 12.1 Å². The highest BCUT2D eigenvalue weighted by Gasteiger charge is 2.44. The largest absolute Gasteiger partial charge is 0.507 e. The number of methoxy groups -OCH3 is 3. The van der Waals surface area contributed by atoms with Crippen molar-refractivity contribution < 1.29 is 33.7 Å². The predicted octanol–water partition coefficient (Wildman–Crippen LogP) is 2.54. The normalized spacial score (nSPS) is 17.7. The number of nitrogens with zero attached hydrogens (tertiary/aromatic N) is 1. The number of carbonyl (C=O) groups excluding carboxylic acids is 3. The smallest absolute Gasteiger partial charge is 0.337 e. The lowest BCUT2D eigenvalue weighted by atomic mass is 9.94. The maximum atomic E-state index is 12.7. The molecule has 1 amide bonds. The molecule has 0 aromatic heterocycles. The molecule has 30 heavy (non-hydrogen) atoms. The first-order valence-electron chi connectivity index (χ1n) is 8.99. The van der Waals surface area contributed by atoms with E-state index >= 15 is 0 Å². The van der Waals surface area contributed by atoms with Gasteiger partial charge in [0.1, 0.15) is 5.76 Å². The van der Waals surface area contributed by atoms with Gasteiger partial charge in [0.05, 0.1) is 38.5 Å². The molecule has 0 radical (unpaired) electrons. The SMILES string of the molecule is COC(=O)c1ccc(C2C(=C(O)c3ccc(OC)c(OC)c3)C(=O)C(=O)N2C)cc1. The first-order chi connectivity index (χ1) is 14.3. The lowest BCUT2D eigenvalue weighted by Crippen LogP contribution is -2.24. The molecule has 1 fully saturated rings. The van der Waals surface area contributed by atoms with Crippen LogP contribution in [0.25, 0.3) is 5.76 Å². The van der Waals surface area contributed by atoms with E-state index in [0.717, 1.165) is 0 Å². The summed E-state index contributed by atoms with van der Waals surface area (Å²) in [6, 6.07) is 10.2. The van der Waals surface area contributed by atoms with Crippen molar-refractivity contribution >= 4 is 23.4 Å². The van der Waals surface area contributed by atoms with E-state index in [1.165, 1.54) is 51.5 Å². The standard InChI is InChI=1S/C22H21NO7/c1-23-18(12-5-7-13(8-6-12)22(27)30-4)17(20(25)21(23)26)19(24)14-9-10-15(28-2)16(11-14)29-3/h5-11,18,24H,1-4H3. The zero-order valence-electron chi connectivity index (χ0n) is 17.0. The average molecular weight is 411 g/mol. The molecule has 8 heteroatoms. The number of carbonyl (C=O) groups is 3. The third-order valence-electron chi connectivity index (χ3n) is 4.98. The number of likely N-dealkylation sites (N-methyl/N-ethyl adjacent to an activating group) is 1. The molecule has 1 unspecified atom stereocenters. The third-order valence-corrected chi connectivity index (χ3v) is 4.98. The molecule has 1 aliphatic rings. The summed E-state index contributed by atoms with van der Waals surface area (Å²) >= 11 is 0. The Balaban J connectivity index is 2.11. The highest BCUT2D eigenvalue weighted by atomic mass is 16.5. The number of amides is 1. The molecule has 0 spiro atoms. The van der Waals surface area contributed by atoms with Crippen molar-refractivity contribution in [3.05, 3.63) is 64.7 Å². The predicted molar refractivity (Wildman–Crippen MR) is 107 cm³/mol. The van der Waals surface area contributed by atoms with E-state index in [-0.39, 0.29) is 11.3 Å². The molecule has 1 N–H and O–H groups in total. The monoisotopic (exact) mass is 411 g/mol. The number of rotatable bonds is 5. The zero-order chi connectivity index (χ0) is 22.0. The molecule has 8 nitrogen and oxygen atoms in total. The Morgan fingerprint density at radius 3 is 2.10 bits per heavy atom. The van der Waals surface area contributed by atoms with Gasteiger partial charge in [-0.3, -0.25) is 9.59 Å². The molecule has 2 aromatic carbocycles. The molecule has 156 valence electrons. The fraction of sp³-hybridized carbons (Fsp3) is 0.227. The van der Waals surface area contributed by atoms with Crippen LogP contribution in [-0.4, -0.2) is 56.0 Å². The summed E-state index contributed by atoms with van der Waals surface area (Å²) in [7, 11) is 5.70. The van der Waals surface area contributed by atoms with Crippen molar-refractivity contribution in [2.24, 2.45) is 0 Å². The fourth-order valence-electron chi connectivity index (χ4n) is 3.40. The molecule has 0 aliphatic carbocycles. The molecule has 1 saturated heterocycles. The minimum Gasteiger partial charge on any atom is -0.507 e. The van der Waals surface area contributed by atoms with Crippen molar-refractivity contribution in [3.8, 4) is 11.5 Å². The zero-order valence-corrected chi connectivity index (χ0v) is 17.0. The van der Waals surface area contributed by atoms with Crippen LogP contribution in [0.5, 0.6) is 11.5 Å². The number of esters is 1. The van der Waals surface area contributed by atoms with E-state index < -0.39 is 23.7 Å². The van der Waals surface area contributed by atoms with Crippen LogP contribution in [0.1, 0.15) is 27.5 Å². The van der Waals surface area contributed by atoms with Gasteiger partial charge >= 0.3 is 5.97 Å². The van der Waals surface area contributed by atoms with Gasteiger partial charge < -0.3 is 24.2 Å². The molecule has 2 aromatic rings. The number of hydrogen-bond donors (Lipinski definition) is 1. The Morgan fingerprint density at radius 2 is 1.53 bits per heavy atom. The van der Waals surface area contributed by atoms with E-state index in [1.807, 2.05) is 0 Å². The molecule has 1 atom stereocenters. The van der Waals surface area contributed by atoms with Crippen LogP contribution in [0.3, 0.4) is 0 Å². The highest BCUT2D eigenvalue weighted by Crippen LogP contribution is 2.39. The van der Waals surface area contributed by atoms with Gasteiger partial charge in [0.15, 0.2) is 11.5 Å². The second-order valence-corrected chi connectivity index (χ2v) is 6.59. The van der Waals surface area contributed by atoms with Gasteiger partial charge in [0.2, 0.25) is 0 Å². The summed E-state index contributed by atoms with van der Waals surface area (Å²) in [4.78, 5) is 38.0. The van der Waals surface area contributed by atoms with Crippen LogP contribution in [0.15, 0.2) is 48.0 Å². The van der Waals surface area contributed by atoms with E-state index in [2.05, 4.69) is 4.74 Å². The summed E-state index contributed by atoms with van der Waals surface area (Å²) in [6.45, 7) is 0. The van der Waals surface area contributed by atoms with Crippen molar-refractivity contribution in [1.82, 2.24) is 4.90 Å². The minimum absolute atomic E-state index is 0.0551. The fourth-order valence-corrected chi connectivity index (χ4v) is 3.40. The maximum absolute atomic E-state index is 12.7.